The van der Waals surface area contributed by atoms with E-state index in [2.05, 4.69) is 10.3 Å². The van der Waals surface area contributed by atoms with Gasteiger partial charge in [-0.15, -0.1) is 0 Å². The second kappa shape index (κ2) is 10.8. The minimum atomic E-state index is -4.39. The number of amides is 2. The van der Waals surface area contributed by atoms with Crippen molar-refractivity contribution in [2.45, 2.75) is 4.90 Å². The molecule has 0 saturated heterocycles. The lowest BCUT2D eigenvalue weighted by atomic mass is 10.2. The second-order valence-corrected chi connectivity index (χ2v) is 8.79. The van der Waals surface area contributed by atoms with Gasteiger partial charge in [-0.1, -0.05) is 29.8 Å². The van der Waals surface area contributed by atoms with Crippen LogP contribution in [-0.2, 0) is 10.0 Å². The second-order valence-electron chi connectivity index (χ2n) is 6.73. The van der Waals surface area contributed by atoms with Gasteiger partial charge in [0.2, 0.25) is 0 Å². The number of halogens is 1. The molecule has 0 saturated carbocycles. The van der Waals surface area contributed by atoms with Gasteiger partial charge in [0.1, 0.15) is 22.9 Å². The summed E-state index contributed by atoms with van der Waals surface area (Å²) in [5, 5.41) is 11.2. The molecule has 12 heteroatoms. The highest BCUT2D eigenvalue weighted by Crippen LogP contribution is 2.23. The van der Waals surface area contributed by atoms with Crippen molar-refractivity contribution in [1.82, 2.24) is 15.0 Å². The zero-order valence-electron chi connectivity index (χ0n) is 17.4. The number of aromatic nitrogens is 1. The van der Waals surface area contributed by atoms with Crippen LogP contribution >= 0.6 is 11.6 Å². The molecule has 2 amide bonds. The maximum absolute atomic E-state index is 12.6. The topological polar surface area (TPSA) is 152 Å². The van der Waals surface area contributed by atoms with E-state index in [-0.39, 0.29) is 35.0 Å². The summed E-state index contributed by atoms with van der Waals surface area (Å²) in [6.45, 7) is 0.431. The number of nitrogens with zero attached hydrogens (tertiary/aromatic N) is 1. The van der Waals surface area contributed by atoms with E-state index in [1.165, 1.54) is 6.07 Å². The van der Waals surface area contributed by atoms with E-state index in [4.69, 9.17) is 21.4 Å². The summed E-state index contributed by atoms with van der Waals surface area (Å²) >= 11 is 6.07. The average Bonchev–Trinajstić information content (AvgIpc) is 2.82. The summed E-state index contributed by atoms with van der Waals surface area (Å²) in [6, 6.07) is 14.7. The molecule has 10 nitrogen and oxygen atoms in total. The van der Waals surface area contributed by atoms with Crippen LogP contribution in [0.5, 0.6) is 5.75 Å². The zero-order chi connectivity index (χ0) is 24.7. The minimum Gasteiger partial charge on any atom is -0.492 e. The Morgan fingerprint density at radius 2 is 1.68 bits per heavy atom. The number of hydrogen-bond acceptors (Lipinski definition) is 7. The van der Waals surface area contributed by atoms with Gasteiger partial charge in [0.25, 0.3) is 21.8 Å². The number of carbonyl (C=O) groups excluding carboxylic acids is 2. The van der Waals surface area contributed by atoms with E-state index in [1.807, 2.05) is 22.9 Å². The molecule has 3 aromatic rings. The van der Waals surface area contributed by atoms with E-state index >= 15 is 0 Å². The van der Waals surface area contributed by atoms with Crippen molar-refractivity contribution in [3.8, 4) is 5.75 Å². The molecule has 0 fully saturated rings. The Balaban J connectivity index is 1.61. The van der Waals surface area contributed by atoms with Crippen molar-refractivity contribution in [2.75, 3.05) is 13.2 Å². The first kappa shape index (κ1) is 24.7. The van der Waals surface area contributed by atoms with E-state index in [1.54, 1.807) is 12.1 Å². The van der Waals surface area contributed by atoms with Crippen molar-refractivity contribution >= 4 is 39.4 Å². The molecule has 0 aliphatic heterocycles. The molecule has 2 aromatic carbocycles. The van der Waals surface area contributed by atoms with Crippen LogP contribution in [0.3, 0.4) is 0 Å². The highest BCUT2D eigenvalue weighted by Gasteiger charge is 2.23. The summed E-state index contributed by atoms with van der Waals surface area (Å²) < 4.78 is 32.5. The lowest BCUT2D eigenvalue weighted by molar-refractivity contribution is 0.0689. The predicted octanol–water partition coefficient (Wildman–Crippen LogP) is 2.36. The van der Waals surface area contributed by atoms with Crippen LogP contribution in [0.1, 0.15) is 31.2 Å². The molecule has 3 N–H and O–H groups in total. The van der Waals surface area contributed by atoms with E-state index in [0.29, 0.717) is 5.75 Å². The number of benzene rings is 2. The molecule has 176 valence electrons. The Hall–Kier alpha value is -3.96. The average molecular weight is 504 g/mol. The van der Waals surface area contributed by atoms with Crippen LogP contribution in [0.2, 0.25) is 5.02 Å². The Kier molecular flexibility index (Phi) is 7.82. The summed E-state index contributed by atoms with van der Waals surface area (Å²) in [7, 11) is -4.39. The maximum Gasteiger partial charge on any atom is 0.354 e. The van der Waals surface area contributed by atoms with Gasteiger partial charge < -0.3 is 15.2 Å². The fourth-order valence-corrected chi connectivity index (χ4v) is 4.22. The van der Waals surface area contributed by atoms with E-state index in [0.717, 1.165) is 30.5 Å². The Morgan fingerprint density at radius 1 is 0.971 bits per heavy atom. The van der Waals surface area contributed by atoms with Gasteiger partial charge in [0, 0.05) is 11.8 Å². The summed E-state index contributed by atoms with van der Waals surface area (Å²) in [5.41, 5.74) is -0.357. The molecular weight excluding hydrogens is 486 g/mol. The Bertz CT molecular complexity index is 1310. The molecule has 0 unspecified atom stereocenters. The number of pyridine rings is 1. The molecule has 0 atom stereocenters. The maximum atomic E-state index is 12.6. The van der Waals surface area contributed by atoms with E-state index in [9.17, 15) is 22.8 Å². The number of carboxylic acid groups (broad SMARTS) is 1. The van der Waals surface area contributed by atoms with Gasteiger partial charge in [0.15, 0.2) is 0 Å². The monoisotopic (exact) mass is 503 g/mol. The molecule has 1 heterocycles. The van der Waals surface area contributed by atoms with Crippen molar-refractivity contribution in [2.24, 2.45) is 0 Å². The van der Waals surface area contributed by atoms with Crippen molar-refractivity contribution in [3.05, 3.63) is 88.7 Å². The highest BCUT2D eigenvalue weighted by atomic mass is 35.5. The van der Waals surface area contributed by atoms with Gasteiger partial charge >= 0.3 is 5.97 Å². The van der Waals surface area contributed by atoms with Gasteiger partial charge in [-0.05, 0) is 42.5 Å². The van der Waals surface area contributed by atoms with E-state index < -0.39 is 32.7 Å². The lowest BCUT2D eigenvalue weighted by Gasteiger charge is -2.11. The number of aromatic carboxylic acids is 1. The quantitative estimate of drug-likeness (QED) is 0.376. The van der Waals surface area contributed by atoms with Crippen molar-refractivity contribution in [1.29, 1.82) is 0 Å². The van der Waals surface area contributed by atoms with Crippen LogP contribution < -0.4 is 14.8 Å². The number of sulfonamides is 1. The molecule has 0 bridgehead atoms. The molecule has 0 spiro atoms. The van der Waals surface area contributed by atoms with Crippen LogP contribution in [0, 0.1) is 0 Å². The van der Waals surface area contributed by atoms with Crippen LogP contribution in [0.15, 0.2) is 71.8 Å². The Labute approximate surface area is 199 Å². The number of carboxylic acids is 1. The van der Waals surface area contributed by atoms with Crippen LogP contribution in [0.4, 0.5) is 0 Å². The first-order chi connectivity index (χ1) is 16.2. The minimum absolute atomic E-state index is 0.114. The number of para-hydroxylation sites is 1. The van der Waals surface area contributed by atoms with Gasteiger partial charge in [-0.25, -0.2) is 22.9 Å². The number of carbonyl (C=O) groups is 3. The molecular formula is C22H18ClN3O7S. The first-order valence-electron chi connectivity index (χ1n) is 9.69. The molecule has 0 aliphatic rings. The Morgan fingerprint density at radius 3 is 2.29 bits per heavy atom. The fraction of sp³-hybridized carbons (Fsp3) is 0.0909. The smallest absolute Gasteiger partial charge is 0.354 e. The SMILES string of the molecule is O=C(NCCOc1ccccc1)c1ccc(S(=O)(=O)NC(=O)c2ccc(C(=O)O)nc2)c(Cl)c1. The highest BCUT2D eigenvalue weighted by molar-refractivity contribution is 7.90. The molecule has 0 aliphatic carbocycles. The molecule has 3 rings (SSSR count). The third kappa shape index (κ3) is 6.30. The summed E-state index contributed by atoms with van der Waals surface area (Å²) in [4.78, 5) is 38.5. The van der Waals surface area contributed by atoms with Crippen molar-refractivity contribution < 1.29 is 32.6 Å². The number of ether oxygens (including phenoxy) is 1. The predicted molar refractivity (Wildman–Crippen MR) is 122 cm³/mol. The van der Waals surface area contributed by atoms with Gasteiger partial charge in [0.05, 0.1) is 17.1 Å². The first-order valence-corrected chi connectivity index (χ1v) is 11.6. The normalized spacial score (nSPS) is 10.9. The van der Waals surface area contributed by atoms with Gasteiger partial charge in [-0.3, -0.25) is 9.59 Å². The van der Waals surface area contributed by atoms with Crippen LogP contribution in [-0.4, -0.2) is 49.4 Å². The molecule has 1 aromatic heterocycles. The number of hydrogen-bond donors (Lipinski definition) is 3. The van der Waals surface area contributed by atoms with Gasteiger partial charge in [-0.2, -0.15) is 0 Å². The fourth-order valence-electron chi connectivity index (χ4n) is 2.70. The number of rotatable bonds is 9. The van der Waals surface area contributed by atoms with Crippen LogP contribution in [0.25, 0.3) is 0 Å². The van der Waals surface area contributed by atoms with Crippen molar-refractivity contribution in [3.63, 3.8) is 0 Å². The summed E-state index contributed by atoms with van der Waals surface area (Å²) in [6.07, 6.45) is 0.935. The lowest BCUT2D eigenvalue weighted by Crippen LogP contribution is -2.31. The standard InChI is InChI=1S/C22H18ClN3O7S/c23-17-12-14(20(27)24-10-11-33-16-4-2-1-3-5-16)7-9-19(17)34(31,32)26-21(28)15-6-8-18(22(29)30)25-13-15/h1-9,12-13H,10-11H2,(H,24,27)(H,26,28)(H,29,30). The molecule has 0 radical (unpaired) electrons. The summed E-state index contributed by atoms with van der Waals surface area (Å²) in [5.74, 6) is -2.15. The largest absolute Gasteiger partial charge is 0.492 e. The third-order valence-electron chi connectivity index (χ3n) is 4.35. The molecule has 34 heavy (non-hydrogen) atoms. The zero-order valence-corrected chi connectivity index (χ0v) is 19.0. The number of nitrogens with one attached hydrogen (secondary N) is 2. The third-order valence-corrected chi connectivity index (χ3v) is 6.17.